The molecule has 0 saturated carbocycles. The first-order chi connectivity index (χ1) is 4.88. The van der Waals surface area contributed by atoms with Gasteiger partial charge in [0.25, 0.3) is 0 Å². The third-order valence-electron chi connectivity index (χ3n) is 1.26. The van der Waals surface area contributed by atoms with Crippen LogP contribution in [0.5, 0.6) is 5.75 Å². The van der Waals surface area contributed by atoms with E-state index >= 15 is 0 Å². The normalized spacial score (nSPS) is 10.4. The molecular weight excluding hydrogens is 195 g/mol. The average molecular weight is 199 g/mol. The van der Waals surface area contributed by atoms with Crippen molar-refractivity contribution in [3.05, 3.63) is 18.2 Å². The fraction of sp³-hybridized carbons (Fsp3) is 0. The topological polar surface area (TPSA) is 46.0 Å². The van der Waals surface area contributed by atoms with E-state index in [1.54, 1.807) is 12.1 Å². The van der Waals surface area contributed by atoms with Gasteiger partial charge in [-0.15, -0.1) is 0 Å². The van der Waals surface area contributed by atoms with E-state index in [0.29, 0.717) is 5.52 Å². The molecule has 50 valence electrons. The molecule has 1 aromatic heterocycles. The molecule has 10 heavy (non-hydrogen) atoms. The van der Waals surface area contributed by atoms with Crippen molar-refractivity contribution in [2.75, 3.05) is 0 Å². The van der Waals surface area contributed by atoms with Crippen LogP contribution < -0.4 is 0 Å². The van der Waals surface area contributed by atoms with Gasteiger partial charge in [-0.1, -0.05) is 0 Å². The summed E-state index contributed by atoms with van der Waals surface area (Å²) in [4.78, 5) is 0. The van der Waals surface area contributed by atoms with Gasteiger partial charge in [0.15, 0.2) is 0 Å². The quantitative estimate of drug-likeness (QED) is 0.624. The van der Waals surface area contributed by atoms with Crippen molar-refractivity contribution in [1.82, 2.24) is 7.96 Å². The molecule has 1 aromatic carbocycles. The van der Waals surface area contributed by atoms with Crippen LogP contribution in [0.1, 0.15) is 0 Å². The molecule has 0 unspecified atom stereocenters. The van der Waals surface area contributed by atoms with E-state index in [2.05, 4.69) is 7.96 Å². The van der Waals surface area contributed by atoms with Crippen LogP contribution in [0.15, 0.2) is 18.2 Å². The van der Waals surface area contributed by atoms with E-state index in [4.69, 9.17) is 0 Å². The third kappa shape index (κ3) is 0.735. The maximum atomic E-state index is 9.19. The second-order valence-electron chi connectivity index (χ2n) is 1.91. The molecule has 0 aliphatic carbocycles. The predicted molar refractivity (Wildman–Crippen MR) is 38.1 cm³/mol. The Hall–Kier alpha value is -0.861. The van der Waals surface area contributed by atoms with E-state index in [1.165, 1.54) is 0 Å². The zero-order valence-electron chi connectivity index (χ0n) is 4.98. The van der Waals surface area contributed by atoms with E-state index in [1.807, 2.05) is 6.07 Å². The summed E-state index contributed by atoms with van der Waals surface area (Å²) in [5.41, 5.74) is 1.47. The molecule has 0 bridgehead atoms. The van der Waals surface area contributed by atoms with Crippen molar-refractivity contribution in [2.45, 2.75) is 0 Å². The van der Waals surface area contributed by atoms with E-state index in [9.17, 15) is 5.11 Å². The molecule has 0 spiro atoms. The van der Waals surface area contributed by atoms with Gasteiger partial charge in [0.05, 0.1) is 0 Å². The van der Waals surface area contributed by atoms with Gasteiger partial charge in [-0.3, -0.25) is 0 Å². The van der Waals surface area contributed by atoms with Crippen LogP contribution in [0.3, 0.4) is 0 Å². The summed E-state index contributed by atoms with van der Waals surface area (Å²) in [6.07, 6.45) is 0. The summed E-state index contributed by atoms with van der Waals surface area (Å²) >= 11 is -0.0405. The molecule has 2 rings (SSSR count). The van der Waals surface area contributed by atoms with Gasteiger partial charge in [0, 0.05) is 0 Å². The molecule has 4 heteroatoms. The fourth-order valence-corrected chi connectivity index (χ4v) is 1.93. The number of aromatic hydroxyl groups is 1. The van der Waals surface area contributed by atoms with Crippen LogP contribution in [0.2, 0.25) is 0 Å². The van der Waals surface area contributed by atoms with Crippen LogP contribution in [0, 0.1) is 0 Å². The molecule has 0 aliphatic heterocycles. The van der Waals surface area contributed by atoms with Gasteiger partial charge >= 0.3 is 63.0 Å². The molecule has 1 N–H and O–H groups in total. The Morgan fingerprint density at radius 3 is 3.00 bits per heavy atom. The minimum atomic E-state index is -0.0405. The molecule has 1 heterocycles. The minimum absolute atomic E-state index is 0.0405. The standard InChI is InChI=1S/C6H4N2OSe/c9-5-3-1-2-4-6(5)8-10-7-4/h1-3,9H. The number of phenols is 1. The SMILES string of the molecule is Oc1cccc2n[se]nc12. The first-order valence-corrected chi connectivity index (χ1v) is 4.31. The van der Waals surface area contributed by atoms with Crippen molar-refractivity contribution in [1.29, 1.82) is 0 Å². The van der Waals surface area contributed by atoms with Crippen LogP contribution >= 0.6 is 0 Å². The number of aromatic nitrogens is 2. The Morgan fingerprint density at radius 1 is 1.30 bits per heavy atom. The Kier molecular flexibility index (Phi) is 1.22. The van der Waals surface area contributed by atoms with Crippen LogP contribution in [-0.4, -0.2) is 28.0 Å². The van der Waals surface area contributed by atoms with Crippen molar-refractivity contribution in [3.63, 3.8) is 0 Å². The van der Waals surface area contributed by atoms with Crippen LogP contribution in [0.25, 0.3) is 11.0 Å². The molecule has 0 radical (unpaired) electrons. The Balaban J connectivity index is 2.95. The molecule has 0 atom stereocenters. The molecular formula is C6H4N2OSe. The Morgan fingerprint density at radius 2 is 2.20 bits per heavy atom. The molecule has 0 saturated heterocycles. The molecule has 2 aromatic rings. The maximum absolute atomic E-state index is 9.19. The number of phenolic OH excluding ortho intramolecular Hbond substituents is 1. The van der Waals surface area contributed by atoms with E-state index < -0.39 is 0 Å². The van der Waals surface area contributed by atoms with Crippen molar-refractivity contribution >= 4 is 26.0 Å². The van der Waals surface area contributed by atoms with Gasteiger partial charge in [-0.25, -0.2) is 0 Å². The van der Waals surface area contributed by atoms with Gasteiger partial charge in [0.2, 0.25) is 0 Å². The summed E-state index contributed by atoms with van der Waals surface area (Å²) in [6.45, 7) is 0. The summed E-state index contributed by atoms with van der Waals surface area (Å²) in [7, 11) is 0. The van der Waals surface area contributed by atoms with E-state index in [0.717, 1.165) is 5.52 Å². The fourth-order valence-electron chi connectivity index (χ4n) is 0.792. The number of hydrogen-bond donors (Lipinski definition) is 1. The van der Waals surface area contributed by atoms with Crippen molar-refractivity contribution in [3.8, 4) is 5.75 Å². The second kappa shape index (κ2) is 2.08. The molecule has 0 amide bonds. The van der Waals surface area contributed by atoms with Crippen LogP contribution in [0.4, 0.5) is 0 Å². The summed E-state index contributed by atoms with van der Waals surface area (Å²) < 4.78 is 8.14. The second-order valence-corrected chi connectivity index (χ2v) is 3.02. The van der Waals surface area contributed by atoms with E-state index in [-0.39, 0.29) is 20.7 Å². The van der Waals surface area contributed by atoms with Crippen molar-refractivity contribution in [2.24, 2.45) is 0 Å². The average Bonchev–Trinajstić information content (AvgIpc) is 2.36. The van der Waals surface area contributed by atoms with Gasteiger partial charge in [0.1, 0.15) is 0 Å². The zero-order chi connectivity index (χ0) is 6.97. The number of rotatable bonds is 0. The first kappa shape index (κ1) is 5.89. The molecule has 0 aliphatic rings. The van der Waals surface area contributed by atoms with Gasteiger partial charge in [-0.2, -0.15) is 0 Å². The van der Waals surface area contributed by atoms with Gasteiger partial charge in [-0.05, 0) is 0 Å². The van der Waals surface area contributed by atoms with Gasteiger partial charge < -0.3 is 0 Å². The number of fused-ring (bicyclic) bond motifs is 1. The number of hydrogen-bond acceptors (Lipinski definition) is 3. The summed E-state index contributed by atoms with van der Waals surface area (Å²) in [5, 5.41) is 9.19. The zero-order valence-corrected chi connectivity index (χ0v) is 6.70. The molecule has 3 nitrogen and oxygen atoms in total. The number of benzene rings is 1. The Bertz CT molecular complexity index is 357. The number of nitrogens with zero attached hydrogens (tertiary/aromatic N) is 2. The predicted octanol–water partition coefficient (Wildman–Crippen LogP) is 0.392. The first-order valence-electron chi connectivity index (χ1n) is 2.78. The van der Waals surface area contributed by atoms with Crippen LogP contribution in [-0.2, 0) is 0 Å². The summed E-state index contributed by atoms with van der Waals surface area (Å²) in [5.74, 6) is 0.237. The molecule has 0 fully saturated rings. The summed E-state index contributed by atoms with van der Waals surface area (Å²) in [6, 6.07) is 5.25. The Labute approximate surface area is 63.5 Å². The van der Waals surface area contributed by atoms with Crippen molar-refractivity contribution < 1.29 is 5.11 Å². The monoisotopic (exact) mass is 200 g/mol. The third-order valence-corrected chi connectivity index (χ3v) is 2.40.